The van der Waals surface area contributed by atoms with Gasteiger partial charge < -0.3 is 11.1 Å². The van der Waals surface area contributed by atoms with Gasteiger partial charge in [0.15, 0.2) is 0 Å². The number of rotatable bonds is 2. The Morgan fingerprint density at radius 3 is 2.48 bits per heavy atom. The smallest absolute Gasteiger partial charge is 0.384 e. The lowest BCUT2D eigenvalue weighted by Crippen LogP contribution is -2.13. The fourth-order valence-corrected chi connectivity index (χ4v) is 1.75. The normalized spacial score (nSPS) is 11.2. The van der Waals surface area contributed by atoms with Gasteiger partial charge in [-0.3, -0.25) is 4.79 Å². The van der Waals surface area contributed by atoms with Crippen LogP contribution in [0.2, 0.25) is 5.02 Å². The summed E-state index contributed by atoms with van der Waals surface area (Å²) in [5, 5.41) is 2.20. The van der Waals surface area contributed by atoms with Gasteiger partial charge in [0.2, 0.25) is 0 Å². The molecule has 1 aromatic heterocycles. The molecule has 0 fully saturated rings. The van der Waals surface area contributed by atoms with Crippen molar-refractivity contribution in [1.82, 2.24) is 4.98 Å². The first-order valence-electron chi connectivity index (χ1n) is 5.67. The average Bonchev–Trinajstić information content (AvgIpc) is 2.40. The van der Waals surface area contributed by atoms with E-state index >= 15 is 0 Å². The number of carbonyl (C=O) groups is 1. The highest BCUT2D eigenvalue weighted by Gasteiger charge is 2.31. The van der Waals surface area contributed by atoms with E-state index in [9.17, 15) is 18.0 Å². The zero-order valence-corrected chi connectivity index (χ0v) is 11.2. The maximum Gasteiger partial charge on any atom is 0.416 e. The van der Waals surface area contributed by atoms with Crippen LogP contribution in [0.3, 0.4) is 0 Å². The summed E-state index contributed by atoms with van der Waals surface area (Å²) < 4.78 is 37.5. The Balaban J connectivity index is 2.20. The maximum atomic E-state index is 12.5. The van der Waals surface area contributed by atoms with Gasteiger partial charge in [-0.1, -0.05) is 11.6 Å². The molecule has 0 radical (unpaired) electrons. The Hall–Kier alpha value is -2.28. The van der Waals surface area contributed by atoms with Gasteiger partial charge in [-0.25, -0.2) is 4.98 Å². The zero-order valence-electron chi connectivity index (χ0n) is 10.4. The fourth-order valence-electron chi connectivity index (χ4n) is 1.53. The monoisotopic (exact) mass is 315 g/mol. The third kappa shape index (κ3) is 3.63. The van der Waals surface area contributed by atoms with Crippen LogP contribution in [-0.2, 0) is 6.18 Å². The predicted octanol–water partition coefficient (Wildman–Crippen LogP) is 3.59. The van der Waals surface area contributed by atoms with Crippen LogP contribution in [0.15, 0.2) is 36.5 Å². The molecule has 0 atom stereocenters. The number of nitrogens with zero attached hydrogens (tertiary/aromatic N) is 1. The van der Waals surface area contributed by atoms with Gasteiger partial charge in [-0.15, -0.1) is 0 Å². The van der Waals surface area contributed by atoms with Crippen LogP contribution in [0.5, 0.6) is 0 Å². The Bertz CT molecular complexity index is 671. The fraction of sp³-hybridized carbons (Fsp3) is 0.0769. The standard InChI is InChI=1S/C13H9ClF3N3O/c14-9-5-8(13(15,16)17)2-3-10(9)20-12(21)7-1-4-11(18)19-6-7/h1-6H,(H2,18,19)(H,20,21). The van der Waals surface area contributed by atoms with Crippen LogP contribution < -0.4 is 11.1 Å². The van der Waals surface area contributed by atoms with Crippen molar-refractivity contribution in [2.75, 3.05) is 11.1 Å². The van der Waals surface area contributed by atoms with E-state index in [1.807, 2.05) is 0 Å². The van der Waals surface area contributed by atoms with Gasteiger partial charge in [0.05, 0.1) is 21.8 Å². The average molecular weight is 316 g/mol. The molecule has 0 aliphatic carbocycles. The van der Waals surface area contributed by atoms with Crippen molar-refractivity contribution in [3.63, 3.8) is 0 Å². The summed E-state index contributed by atoms with van der Waals surface area (Å²) >= 11 is 5.74. The van der Waals surface area contributed by atoms with Crippen molar-refractivity contribution < 1.29 is 18.0 Å². The minimum atomic E-state index is -4.49. The first kappa shape index (κ1) is 15.1. The number of nitrogens with two attached hydrogens (primary N) is 1. The Morgan fingerprint density at radius 1 is 1.24 bits per heavy atom. The molecular formula is C13H9ClF3N3O. The summed E-state index contributed by atoms with van der Waals surface area (Å²) in [5.41, 5.74) is 4.79. The van der Waals surface area contributed by atoms with Crippen LogP contribution in [0.4, 0.5) is 24.7 Å². The topological polar surface area (TPSA) is 68.0 Å². The summed E-state index contributed by atoms with van der Waals surface area (Å²) in [5.74, 6) is -0.303. The van der Waals surface area contributed by atoms with Crippen molar-refractivity contribution >= 4 is 29.0 Å². The summed E-state index contributed by atoms with van der Waals surface area (Å²) in [6, 6.07) is 5.55. The van der Waals surface area contributed by atoms with E-state index in [1.54, 1.807) is 0 Å². The molecule has 0 saturated heterocycles. The van der Waals surface area contributed by atoms with Crippen molar-refractivity contribution in [2.24, 2.45) is 0 Å². The number of amides is 1. The molecule has 110 valence electrons. The first-order chi connectivity index (χ1) is 9.77. The quantitative estimate of drug-likeness (QED) is 0.890. The Labute approximate surface area is 122 Å². The molecule has 8 heteroatoms. The molecule has 0 bridgehead atoms. The van der Waals surface area contributed by atoms with Crippen LogP contribution in [0, 0.1) is 0 Å². The van der Waals surface area contributed by atoms with Crippen molar-refractivity contribution in [3.8, 4) is 0 Å². The number of aromatic nitrogens is 1. The minimum Gasteiger partial charge on any atom is -0.384 e. The van der Waals surface area contributed by atoms with E-state index in [-0.39, 0.29) is 22.1 Å². The van der Waals surface area contributed by atoms with Crippen LogP contribution in [0.25, 0.3) is 0 Å². The van der Waals surface area contributed by atoms with E-state index in [1.165, 1.54) is 18.3 Å². The molecule has 2 aromatic rings. The van der Waals surface area contributed by atoms with Gasteiger partial charge in [0.1, 0.15) is 5.82 Å². The van der Waals surface area contributed by atoms with Crippen molar-refractivity contribution in [1.29, 1.82) is 0 Å². The van der Waals surface area contributed by atoms with Crippen molar-refractivity contribution in [2.45, 2.75) is 6.18 Å². The number of alkyl halides is 3. The van der Waals surface area contributed by atoms with Gasteiger partial charge in [0, 0.05) is 6.20 Å². The maximum absolute atomic E-state index is 12.5. The minimum absolute atomic E-state index is 0.0755. The second kappa shape index (κ2) is 5.61. The number of halogens is 4. The zero-order chi connectivity index (χ0) is 15.6. The van der Waals surface area contributed by atoms with Gasteiger partial charge in [-0.2, -0.15) is 13.2 Å². The van der Waals surface area contributed by atoms with Gasteiger partial charge in [-0.05, 0) is 30.3 Å². The van der Waals surface area contributed by atoms with E-state index < -0.39 is 17.6 Å². The number of nitrogens with one attached hydrogen (secondary N) is 1. The molecule has 2 rings (SSSR count). The molecule has 4 nitrogen and oxygen atoms in total. The highest BCUT2D eigenvalue weighted by molar-refractivity contribution is 6.34. The van der Waals surface area contributed by atoms with E-state index in [0.717, 1.165) is 18.2 Å². The highest BCUT2D eigenvalue weighted by Crippen LogP contribution is 2.33. The molecule has 0 spiro atoms. The molecule has 1 aromatic carbocycles. The van der Waals surface area contributed by atoms with Crippen LogP contribution in [0.1, 0.15) is 15.9 Å². The molecule has 1 heterocycles. The van der Waals surface area contributed by atoms with Crippen LogP contribution in [-0.4, -0.2) is 10.9 Å². The molecule has 0 aliphatic heterocycles. The molecular weight excluding hydrogens is 307 g/mol. The number of benzene rings is 1. The number of hydrogen-bond acceptors (Lipinski definition) is 3. The lowest BCUT2D eigenvalue weighted by Gasteiger charge is -2.11. The van der Waals surface area contributed by atoms with Crippen LogP contribution >= 0.6 is 11.6 Å². The second-order valence-corrected chi connectivity index (χ2v) is 4.53. The molecule has 1 amide bonds. The SMILES string of the molecule is Nc1ccc(C(=O)Nc2ccc(C(F)(F)F)cc2Cl)cn1. The lowest BCUT2D eigenvalue weighted by molar-refractivity contribution is -0.137. The second-order valence-electron chi connectivity index (χ2n) is 4.12. The number of pyridine rings is 1. The van der Waals surface area contributed by atoms with E-state index in [0.29, 0.717) is 0 Å². The largest absolute Gasteiger partial charge is 0.416 e. The lowest BCUT2D eigenvalue weighted by atomic mass is 10.2. The molecule has 21 heavy (non-hydrogen) atoms. The third-order valence-corrected chi connectivity index (χ3v) is 2.91. The molecule has 3 N–H and O–H groups in total. The number of hydrogen-bond donors (Lipinski definition) is 2. The van der Waals surface area contributed by atoms with Gasteiger partial charge in [0.25, 0.3) is 5.91 Å². The molecule has 0 saturated carbocycles. The number of nitrogen functional groups attached to an aromatic ring is 1. The Morgan fingerprint density at radius 2 is 1.95 bits per heavy atom. The summed E-state index contributed by atoms with van der Waals surface area (Å²) in [6.07, 6.45) is -3.24. The van der Waals surface area contributed by atoms with E-state index in [2.05, 4.69) is 10.3 Å². The number of anilines is 2. The number of carbonyl (C=O) groups excluding carboxylic acids is 1. The third-order valence-electron chi connectivity index (χ3n) is 2.59. The van der Waals surface area contributed by atoms with Crippen molar-refractivity contribution in [3.05, 3.63) is 52.7 Å². The molecule has 0 unspecified atom stereocenters. The summed E-state index contributed by atoms with van der Waals surface area (Å²) in [6.45, 7) is 0. The predicted molar refractivity (Wildman–Crippen MR) is 73.1 cm³/mol. The summed E-state index contributed by atoms with van der Waals surface area (Å²) in [4.78, 5) is 15.6. The highest BCUT2D eigenvalue weighted by atomic mass is 35.5. The summed E-state index contributed by atoms with van der Waals surface area (Å²) in [7, 11) is 0. The van der Waals surface area contributed by atoms with Gasteiger partial charge >= 0.3 is 6.18 Å². The molecule has 0 aliphatic rings. The Kier molecular flexibility index (Phi) is 4.04. The first-order valence-corrected chi connectivity index (χ1v) is 6.05. The van der Waals surface area contributed by atoms with E-state index in [4.69, 9.17) is 17.3 Å².